The van der Waals surface area contributed by atoms with Gasteiger partial charge < -0.3 is 9.55 Å². The van der Waals surface area contributed by atoms with Crippen LogP contribution in [0.4, 0.5) is 0 Å². The number of fused-ring (bicyclic) bond motifs is 1. The summed E-state index contributed by atoms with van der Waals surface area (Å²) in [4.78, 5) is 7.80. The lowest BCUT2D eigenvalue weighted by Crippen LogP contribution is -1.90. The minimum Gasteiger partial charge on any atom is -0.341 e. The van der Waals surface area contributed by atoms with Crippen molar-refractivity contribution in [3.8, 4) is 0 Å². The van der Waals surface area contributed by atoms with Gasteiger partial charge in [-0.3, -0.25) is 0 Å². The summed E-state index contributed by atoms with van der Waals surface area (Å²) in [5.74, 6) is 1.72. The van der Waals surface area contributed by atoms with Gasteiger partial charge in [0, 0.05) is 7.05 Å². The number of thioether (sulfide) groups is 1. The molecular formula is C11H11N5S. The van der Waals surface area contributed by atoms with Crippen LogP contribution in [0.5, 0.6) is 0 Å². The van der Waals surface area contributed by atoms with Gasteiger partial charge in [-0.15, -0.1) is 10.2 Å². The van der Waals surface area contributed by atoms with E-state index in [0.29, 0.717) is 0 Å². The lowest BCUT2D eigenvalue weighted by molar-refractivity contribution is 0.788. The van der Waals surface area contributed by atoms with Gasteiger partial charge in [0.15, 0.2) is 5.16 Å². The summed E-state index contributed by atoms with van der Waals surface area (Å²) in [5.41, 5.74) is 2.07. The number of hydrogen-bond donors (Lipinski definition) is 1. The van der Waals surface area contributed by atoms with E-state index in [1.807, 2.05) is 35.9 Å². The van der Waals surface area contributed by atoms with E-state index in [-0.39, 0.29) is 0 Å². The number of rotatable bonds is 3. The lowest BCUT2D eigenvalue weighted by atomic mass is 10.3. The monoisotopic (exact) mass is 245 g/mol. The van der Waals surface area contributed by atoms with Gasteiger partial charge >= 0.3 is 0 Å². The third-order valence-corrected chi connectivity index (χ3v) is 3.49. The standard InChI is InChI=1S/C11H11N5S/c1-16-7-12-15-11(16)17-6-10-13-8-4-2-3-5-9(8)14-10/h2-5,7H,6H2,1H3,(H,13,14). The normalized spacial score (nSPS) is 11.1. The number of benzene rings is 1. The fourth-order valence-electron chi connectivity index (χ4n) is 1.61. The quantitative estimate of drug-likeness (QED) is 0.717. The average molecular weight is 245 g/mol. The number of aromatic amines is 1. The maximum atomic E-state index is 4.51. The van der Waals surface area contributed by atoms with Crippen molar-refractivity contribution in [2.24, 2.45) is 7.05 Å². The number of hydrogen-bond acceptors (Lipinski definition) is 4. The molecule has 0 bridgehead atoms. The Kier molecular flexibility index (Phi) is 2.56. The Hall–Kier alpha value is -1.82. The summed E-state index contributed by atoms with van der Waals surface area (Å²) >= 11 is 1.62. The second-order valence-corrected chi connectivity index (χ2v) is 4.66. The topological polar surface area (TPSA) is 59.4 Å². The Morgan fingerprint density at radius 2 is 2.24 bits per heavy atom. The number of imidazole rings is 1. The Morgan fingerprint density at radius 1 is 1.35 bits per heavy atom. The zero-order valence-corrected chi connectivity index (χ0v) is 10.1. The van der Waals surface area contributed by atoms with Gasteiger partial charge in [-0.05, 0) is 12.1 Å². The molecule has 0 aliphatic rings. The van der Waals surface area contributed by atoms with Crippen molar-refractivity contribution in [3.05, 3.63) is 36.4 Å². The molecule has 0 radical (unpaired) electrons. The van der Waals surface area contributed by atoms with E-state index in [1.165, 1.54) is 0 Å². The van der Waals surface area contributed by atoms with Crippen molar-refractivity contribution >= 4 is 22.8 Å². The summed E-state index contributed by atoms with van der Waals surface area (Å²) in [7, 11) is 1.93. The van der Waals surface area contributed by atoms with Crippen LogP contribution in [-0.4, -0.2) is 24.7 Å². The van der Waals surface area contributed by atoms with Crippen LogP contribution in [0.3, 0.4) is 0 Å². The third kappa shape index (κ3) is 2.03. The largest absolute Gasteiger partial charge is 0.341 e. The molecule has 3 aromatic rings. The molecule has 1 aromatic carbocycles. The molecule has 2 heterocycles. The number of H-pyrrole nitrogens is 1. The van der Waals surface area contributed by atoms with Gasteiger partial charge in [0.2, 0.25) is 0 Å². The summed E-state index contributed by atoms with van der Waals surface area (Å²) in [6, 6.07) is 8.02. The van der Waals surface area contributed by atoms with E-state index in [2.05, 4.69) is 20.2 Å². The first-order valence-corrected chi connectivity index (χ1v) is 6.22. The van der Waals surface area contributed by atoms with Crippen LogP contribution in [0.15, 0.2) is 35.7 Å². The van der Waals surface area contributed by atoms with Crippen molar-refractivity contribution in [1.82, 2.24) is 24.7 Å². The second kappa shape index (κ2) is 4.21. The van der Waals surface area contributed by atoms with Gasteiger partial charge in [0.1, 0.15) is 12.2 Å². The number of nitrogens with one attached hydrogen (secondary N) is 1. The molecule has 0 fully saturated rings. The zero-order valence-electron chi connectivity index (χ0n) is 9.29. The first-order valence-electron chi connectivity index (χ1n) is 5.23. The Morgan fingerprint density at radius 3 is 3.00 bits per heavy atom. The number of aryl methyl sites for hydroxylation is 1. The summed E-state index contributed by atoms with van der Waals surface area (Å²) in [6.07, 6.45) is 1.70. The number of para-hydroxylation sites is 2. The first-order chi connectivity index (χ1) is 8.33. The van der Waals surface area contributed by atoms with Crippen LogP contribution < -0.4 is 0 Å². The summed E-state index contributed by atoms with van der Waals surface area (Å²) in [6.45, 7) is 0. The molecule has 0 atom stereocenters. The van der Waals surface area contributed by atoms with Crippen LogP contribution >= 0.6 is 11.8 Å². The highest BCUT2D eigenvalue weighted by Gasteiger charge is 2.05. The predicted octanol–water partition coefficient (Wildman–Crippen LogP) is 1.98. The molecule has 0 aliphatic heterocycles. The van der Waals surface area contributed by atoms with Crippen molar-refractivity contribution in [2.45, 2.75) is 10.9 Å². The van der Waals surface area contributed by atoms with Crippen LogP contribution in [-0.2, 0) is 12.8 Å². The van der Waals surface area contributed by atoms with Crippen molar-refractivity contribution < 1.29 is 0 Å². The van der Waals surface area contributed by atoms with Crippen LogP contribution in [0.1, 0.15) is 5.82 Å². The van der Waals surface area contributed by atoms with E-state index >= 15 is 0 Å². The van der Waals surface area contributed by atoms with Gasteiger partial charge in [0.25, 0.3) is 0 Å². The van der Waals surface area contributed by atoms with E-state index in [1.54, 1.807) is 18.1 Å². The predicted molar refractivity (Wildman–Crippen MR) is 66.7 cm³/mol. The van der Waals surface area contributed by atoms with Crippen molar-refractivity contribution in [2.75, 3.05) is 0 Å². The molecule has 3 rings (SSSR count). The molecule has 0 unspecified atom stereocenters. The Labute approximate surface area is 102 Å². The number of aromatic nitrogens is 5. The molecule has 5 nitrogen and oxygen atoms in total. The summed E-state index contributed by atoms with van der Waals surface area (Å²) in [5, 5.41) is 8.75. The maximum Gasteiger partial charge on any atom is 0.191 e. The maximum absolute atomic E-state index is 4.51. The van der Waals surface area contributed by atoms with Crippen LogP contribution in [0, 0.1) is 0 Å². The second-order valence-electron chi connectivity index (χ2n) is 3.71. The number of nitrogens with zero attached hydrogens (tertiary/aromatic N) is 4. The van der Waals surface area contributed by atoms with Crippen molar-refractivity contribution in [3.63, 3.8) is 0 Å². The zero-order chi connectivity index (χ0) is 11.7. The molecular weight excluding hydrogens is 234 g/mol. The van der Waals surface area contributed by atoms with Crippen LogP contribution in [0.2, 0.25) is 0 Å². The molecule has 6 heteroatoms. The molecule has 0 saturated carbocycles. The summed E-state index contributed by atoms with van der Waals surface area (Å²) < 4.78 is 1.90. The SMILES string of the molecule is Cn1cnnc1SCc1nc2ccccc2[nH]1. The fourth-order valence-corrected chi connectivity index (χ4v) is 2.37. The van der Waals surface area contributed by atoms with Gasteiger partial charge in [0.05, 0.1) is 16.8 Å². The lowest BCUT2D eigenvalue weighted by Gasteiger charge is -1.96. The highest BCUT2D eigenvalue weighted by molar-refractivity contribution is 7.98. The van der Waals surface area contributed by atoms with E-state index in [0.717, 1.165) is 27.8 Å². The van der Waals surface area contributed by atoms with E-state index in [9.17, 15) is 0 Å². The molecule has 2 aromatic heterocycles. The molecule has 0 amide bonds. The van der Waals surface area contributed by atoms with E-state index < -0.39 is 0 Å². The smallest absolute Gasteiger partial charge is 0.191 e. The Bertz CT molecular complexity index is 609. The molecule has 17 heavy (non-hydrogen) atoms. The highest BCUT2D eigenvalue weighted by atomic mass is 32.2. The minimum atomic E-state index is 0.765. The van der Waals surface area contributed by atoms with Gasteiger partial charge in [-0.2, -0.15) is 0 Å². The van der Waals surface area contributed by atoms with Gasteiger partial charge in [-0.25, -0.2) is 4.98 Å². The fraction of sp³-hybridized carbons (Fsp3) is 0.182. The van der Waals surface area contributed by atoms with Crippen molar-refractivity contribution in [1.29, 1.82) is 0 Å². The average Bonchev–Trinajstić information content (AvgIpc) is 2.92. The van der Waals surface area contributed by atoms with Gasteiger partial charge in [-0.1, -0.05) is 23.9 Å². The molecule has 1 N–H and O–H groups in total. The first kappa shape index (κ1) is 10.3. The Balaban J connectivity index is 1.79. The van der Waals surface area contributed by atoms with Crippen LogP contribution in [0.25, 0.3) is 11.0 Å². The molecule has 0 spiro atoms. The van der Waals surface area contributed by atoms with E-state index in [4.69, 9.17) is 0 Å². The molecule has 86 valence electrons. The third-order valence-electron chi connectivity index (χ3n) is 2.45. The molecule has 0 aliphatic carbocycles. The minimum absolute atomic E-state index is 0.765. The highest BCUT2D eigenvalue weighted by Crippen LogP contribution is 2.20. The molecule has 0 saturated heterocycles.